The highest BCUT2D eigenvalue weighted by Crippen LogP contribution is 2.31. The van der Waals surface area contributed by atoms with E-state index in [-0.39, 0.29) is 6.09 Å². The molecule has 0 N–H and O–H groups in total. The molecule has 1 aliphatic rings. The Bertz CT molecular complexity index is 949. The summed E-state index contributed by atoms with van der Waals surface area (Å²) in [7, 11) is 0. The van der Waals surface area contributed by atoms with Crippen LogP contribution in [0.2, 0.25) is 0 Å². The molecule has 1 amide bonds. The van der Waals surface area contributed by atoms with Gasteiger partial charge < -0.3 is 9.15 Å². The van der Waals surface area contributed by atoms with Crippen LogP contribution in [-0.4, -0.2) is 16.6 Å². The van der Waals surface area contributed by atoms with Gasteiger partial charge in [0.15, 0.2) is 0 Å². The fourth-order valence-electron chi connectivity index (χ4n) is 3.16. The predicted molar refractivity (Wildman–Crippen MR) is 97.1 cm³/mol. The van der Waals surface area contributed by atoms with Crippen LogP contribution in [0, 0.1) is 0 Å². The maximum absolute atomic E-state index is 12.3. The minimum atomic E-state index is -0.477. The van der Waals surface area contributed by atoms with E-state index in [1.165, 1.54) is 11.1 Å². The van der Waals surface area contributed by atoms with E-state index in [4.69, 9.17) is 9.15 Å². The number of amides is 1. The number of carbonyl (C=O) groups excluding carboxylic acids is 1. The fourth-order valence-corrected chi connectivity index (χ4v) is 3.16. The molecule has 4 rings (SSSR count). The summed E-state index contributed by atoms with van der Waals surface area (Å²) < 4.78 is 11.0. The molecule has 4 heteroatoms. The lowest BCUT2D eigenvalue weighted by atomic mass is 10.00. The van der Waals surface area contributed by atoms with Crippen molar-refractivity contribution < 1.29 is 13.9 Å². The van der Waals surface area contributed by atoms with Gasteiger partial charge in [-0.2, -0.15) is 0 Å². The second-order valence-electron chi connectivity index (χ2n) is 7.49. The van der Waals surface area contributed by atoms with Crippen molar-refractivity contribution in [2.24, 2.45) is 0 Å². The number of nitrogens with zero attached hydrogens (tertiary/aromatic N) is 1. The lowest BCUT2D eigenvalue weighted by molar-refractivity contribution is 0.0242. The second-order valence-corrected chi connectivity index (χ2v) is 7.49. The number of fused-ring (bicyclic) bond motifs is 2. The average Bonchev–Trinajstić information content (AvgIpc) is 3.18. The van der Waals surface area contributed by atoms with Gasteiger partial charge in [0.25, 0.3) is 0 Å². The van der Waals surface area contributed by atoms with Crippen molar-refractivity contribution in [1.29, 1.82) is 0 Å². The highest BCUT2D eigenvalue weighted by atomic mass is 16.6. The van der Waals surface area contributed by atoms with E-state index in [9.17, 15) is 4.79 Å². The number of furan rings is 1. The molecular formula is C21H21NO3. The highest BCUT2D eigenvalue weighted by Gasteiger charge is 2.27. The normalized spacial score (nSPS) is 14.0. The van der Waals surface area contributed by atoms with E-state index in [2.05, 4.69) is 36.4 Å². The Kier molecular flexibility index (Phi) is 3.57. The SMILES string of the molecule is CC(C)(C)OC(=O)N1Cc2ccc(-c3ccc4ccoc4c3)cc2C1. The van der Waals surface area contributed by atoms with Crippen LogP contribution in [0.4, 0.5) is 4.79 Å². The zero-order valence-corrected chi connectivity index (χ0v) is 14.7. The zero-order valence-electron chi connectivity index (χ0n) is 14.7. The molecule has 4 nitrogen and oxygen atoms in total. The smallest absolute Gasteiger partial charge is 0.410 e. The molecule has 0 saturated heterocycles. The number of carbonyl (C=O) groups is 1. The first-order valence-corrected chi connectivity index (χ1v) is 8.46. The molecule has 0 atom stereocenters. The van der Waals surface area contributed by atoms with Crippen molar-refractivity contribution >= 4 is 17.1 Å². The zero-order chi connectivity index (χ0) is 17.6. The molecule has 0 fully saturated rings. The lowest BCUT2D eigenvalue weighted by Crippen LogP contribution is -2.33. The quantitative estimate of drug-likeness (QED) is 0.602. The van der Waals surface area contributed by atoms with Crippen LogP contribution < -0.4 is 0 Å². The first-order chi connectivity index (χ1) is 11.9. The van der Waals surface area contributed by atoms with E-state index in [0.717, 1.165) is 22.1 Å². The van der Waals surface area contributed by atoms with Crippen LogP contribution in [0.5, 0.6) is 0 Å². The van der Waals surface area contributed by atoms with Crippen molar-refractivity contribution in [3.63, 3.8) is 0 Å². The molecule has 0 spiro atoms. The van der Waals surface area contributed by atoms with Gasteiger partial charge in [0.1, 0.15) is 11.2 Å². The summed E-state index contributed by atoms with van der Waals surface area (Å²) in [5.41, 5.74) is 4.99. The maximum Gasteiger partial charge on any atom is 0.410 e. The number of hydrogen-bond acceptors (Lipinski definition) is 3. The van der Waals surface area contributed by atoms with Crippen molar-refractivity contribution in [1.82, 2.24) is 4.90 Å². The topological polar surface area (TPSA) is 42.7 Å². The van der Waals surface area contributed by atoms with Gasteiger partial charge in [-0.25, -0.2) is 4.79 Å². The lowest BCUT2D eigenvalue weighted by Gasteiger charge is -2.24. The van der Waals surface area contributed by atoms with Crippen molar-refractivity contribution in [2.45, 2.75) is 39.5 Å². The second kappa shape index (κ2) is 5.66. The molecule has 0 unspecified atom stereocenters. The Morgan fingerprint density at radius 1 is 1.00 bits per heavy atom. The minimum absolute atomic E-state index is 0.262. The van der Waals surface area contributed by atoms with Crippen LogP contribution in [0.1, 0.15) is 31.9 Å². The maximum atomic E-state index is 12.3. The van der Waals surface area contributed by atoms with Gasteiger partial charge in [0.05, 0.1) is 6.26 Å². The van der Waals surface area contributed by atoms with Gasteiger partial charge in [0.2, 0.25) is 0 Å². The van der Waals surface area contributed by atoms with E-state index >= 15 is 0 Å². The molecule has 1 aliphatic heterocycles. The van der Waals surface area contributed by atoms with Crippen LogP contribution in [0.25, 0.3) is 22.1 Å². The molecule has 0 bridgehead atoms. The predicted octanol–water partition coefficient (Wildman–Crippen LogP) is 5.35. The van der Waals surface area contributed by atoms with E-state index in [0.29, 0.717) is 13.1 Å². The van der Waals surface area contributed by atoms with Crippen LogP contribution >= 0.6 is 0 Å². The summed E-state index contributed by atoms with van der Waals surface area (Å²) in [6.07, 6.45) is 1.44. The fraction of sp³-hybridized carbons (Fsp3) is 0.286. The Balaban J connectivity index is 1.58. The van der Waals surface area contributed by atoms with Gasteiger partial charge >= 0.3 is 6.09 Å². The first kappa shape index (κ1) is 15.8. The molecule has 128 valence electrons. The molecule has 0 aliphatic carbocycles. The van der Waals surface area contributed by atoms with Crippen LogP contribution in [-0.2, 0) is 17.8 Å². The molecular weight excluding hydrogens is 314 g/mol. The highest BCUT2D eigenvalue weighted by molar-refractivity contribution is 5.83. The molecule has 2 heterocycles. The van der Waals surface area contributed by atoms with Gasteiger partial charge in [-0.05, 0) is 61.2 Å². The van der Waals surface area contributed by atoms with Gasteiger partial charge in [0, 0.05) is 18.5 Å². The third-order valence-electron chi connectivity index (χ3n) is 4.37. The Morgan fingerprint density at radius 3 is 2.52 bits per heavy atom. The summed E-state index contributed by atoms with van der Waals surface area (Å²) in [6, 6.07) is 14.5. The van der Waals surface area contributed by atoms with Gasteiger partial charge in [-0.15, -0.1) is 0 Å². The monoisotopic (exact) mass is 335 g/mol. The molecule has 0 radical (unpaired) electrons. The van der Waals surface area contributed by atoms with Gasteiger partial charge in [-0.3, -0.25) is 4.90 Å². The Morgan fingerprint density at radius 2 is 1.72 bits per heavy atom. The minimum Gasteiger partial charge on any atom is -0.464 e. The van der Waals surface area contributed by atoms with E-state index in [1.807, 2.05) is 26.8 Å². The third kappa shape index (κ3) is 3.12. The third-order valence-corrected chi connectivity index (χ3v) is 4.37. The number of rotatable bonds is 1. The van der Waals surface area contributed by atoms with Crippen LogP contribution in [0.15, 0.2) is 53.1 Å². The standard InChI is InChI=1S/C21H21NO3/c1-21(2,3)25-20(23)22-12-17-7-6-15(10-18(17)13-22)16-5-4-14-8-9-24-19(14)11-16/h4-11H,12-13H2,1-3H3. The van der Waals surface area contributed by atoms with Crippen molar-refractivity contribution in [3.8, 4) is 11.1 Å². The number of benzene rings is 2. The molecule has 25 heavy (non-hydrogen) atoms. The summed E-state index contributed by atoms with van der Waals surface area (Å²) in [6.45, 7) is 6.84. The largest absolute Gasteiger partial charge is 0.464 e. The molecule has 3 aromatic rings. The summed E-state index contributed by atoms with van der Waals surface area (Å²) in [5.74, 6) is 0. The van der Waals surface area contributed by atoms with Gasteiger partial charge in [-0.1, -0.05) is 24.3 Å². The van der Waals surface area contributed by atoms with E-state index in [1.54, 1.807) is 11.2 Å². The summed E-state index contributed by atoms with van der Waals surface area (Å²) in [4.78, 5) is 14.0. The average molecular weight is 335 g/mol. The molecule has 0 saturated carbocycles. The first-order valence-electron chi connectivity index (χ1n) is 8.46. The number of hydrogen-bond donors (Lipinski definition) is 0. The summed E-state index contributed by atoms with van der Waals surface area (Å²) >= 11 is 0. The van der Waals surface area contributed by atoms with E-state index < -0.39 is 5.60 Å². The Labute approximate surface area is 147 Å². The molecule has 2 aromatic carbocycles. The Hall–Kier alpha value is -2.75. The molecule has 1 aromatic heterocycles. The van der Waals surface area contributed by atoms with Crippen molar-refractivity contribution in [3.05, 3.63) is 59.9 Å². The number of ether oxygens (including phenoxy) is 1. The van der Waals surface area contributed by atoms with Crippen molar-refractivity contribution in [2.75, 3.05) is 0 Å². The van der Waals surface area contributed by atoms with Crippen LogP contribution in [0.3, 0.4) is 0 Å². The summed E-state index contributed by atoms with van der Waals surface area (Å²) in [5, 5.41) is 1.10.